The predicted octanol–water partition coefficient (Wildman–Crippen LogP) is 0.461. The zero-order valence-corrected chi connectivity index (χ0v) is 6.17. The third-order valence-electron chi connectivity index (χ3n) is 2.11. The van der Waals surface area contributed by atoms with Gasteiger partial charge in [0.1, 0.15) is 0 Å². The molecule has 1 fully saturated rings. The summed E-state index contributed by atoms with van der Waals surface area (Å²) in [5.41, 5.74) is 0. The fourth-order valence-electron chi connectivity index (χ4n) is 1.52. The van der Waals surface area contributed by atoms with Crippen molar-refractivity contribution in [2.24, 2.45) is 0 Å². The molecule has 0 saturated heterocycles. The van der Waals surface area contributed by atoms with Crippen LogP contribution >= 0.6 is 0 Å². The Bertz CT molecular complexity index is 92.9. The van der Waals surface area contributed by atoms with Crippen LogP contribution in [0.1, 0.15) is 19.3 Å². The fraction of sp³-hybridized carbons (Fsp3) is 1.00. The average Bonchev–Trinajstić information content (AvgIpc) is 2.13. The highest BCUT2D eigenvalue weighted by atomic mass is 16.3. The van der Waals surface area contributed by atoms with Crippen LogP contribution in [-0.4, -0.2) is 36.2 Å². The SMILES string of the molecule is CN(C)C1CCC[C@@H]1O. The molecule has 0 aromatic heterocycles. The molecule has 0 aromatic rings. The molecule has 1 unspecified atom stereocenters. The Morgan fingerprint density at radius 1 is 1.33 bits per heavy atom. The number of aliphatic hydroxyl groups excluding tert-OH is 1. The molecule has 0 amide bonds. The maximum Gasteiger partial charge on any atom is 0.0695 e. The summed E-state index contributed by atoms with van der Waals surface area (Å²) in [7, 11) is 4.05. The van der Waals surface area contributed by atoms with Gasteiger partial charge in [-0.05, 0) is 33.4 Å². The van der Waals surface area contributed by atoms with Gasteiger partial charge in [0.05, 0.1) is 6.10 Å². The fourth-order valence-corrected chi connectivity index (χ4v) is 1.52. The van der Waals surface area contributed by atoms with Gasteiger partial charge >= 0.3 is 0 Å². The van der Waals surface area contributed by atoms with Crippen molar-refractivity contribution in [3.8, 4) is 0 Å². The highest BCUT2D eigenvalue weighted by Gasteiger charge is 2.26. The Balaban J connectivity index is 2.40. The van der Waals surface area contributed by atoms with E-state index in [0.29, 0.717) is 6.04 Å². The first-order valence-electron chi connectivity index (χ1n) is 3.56. The summed E-state index contributed by atoms with van der Waals surface area (Å²) in [6.45, 7) is 0. The number of aliphatic hydroxyl groups is 1. The standard InChI is InChI=1S/C7H15NO/c1-8(2)6-4-3-5-7(6)9/h6-7,9H,3-5H2,1-2H3/t6?,7-/m0/s1. The van der Waals surface area contributed by atoms with Crippen LogP contribution in [0.2, 0.25) is 0 Å². The summed E-state index contributed by atoms with van der Waals surface area (Å²) in [5, 5.41) is 9.32. The number of rotatable bonds is 1. The summed E-state index contributed by atoms with van der Waals surface area (Å²) in [6, 6.07) is 0.421. The van der Waals surface area contributed by atoms with Gasteiger partial charge in [-0.15, -0.1) is 0 Å². The average molecular weight is 129 g/mol. The molecule has 1 aliphatic carbocycles. The largest absolute Gasteiger partial charge is 0.391 e. The highest BCUT2D eigenvalue weighted by Crippen LogP contribution is 2.21. The molecule has 2 atom stereocenters. The topological polar surface area (TPSA) is 23.5 Å². The van der Waals surface area contributed by atoms with Crippen molar-refractivity contribution in [3.05, 3.63) is 0 Å². The third-order valence-corrected chi connectivity index (χ3v) is 2.11. The van der Waals surface area contributed by atoms with E-state index < -0.39 is 0 Å². The van der Waals surface area contributed by atoms with E-state index in [1.54, 1.807) is 0 Å². The third kappa shape index (κ3) is 1.43. The lowest BCUT2D eigenvalue weighted by molar-refractivity contribution is 0.100. The van der Waals surface area contributed by atoms with E-state index in [-0.39, 0.29) is 6.10 Å². The van der Waals surface area contributed by atoms with Crippen molar-refractivity contribution in [2.45, 2.75) is 31.4 Å². The lowest BCUT2D eigenvalue weighted by Gasteiger charge is -2.21. The molecule has 54 valence electrons. The van der Waals surface area contributed by atoms with Gasteiger partial charge in [0, 0.05) is 6.04 Å². The van der Waals surface area contributed by atoms with Crippen LogP contribution < -0.4 is 0 Å². The first-order chi connectivity index (χ1) is 4.22. The summed E-state index contributed by atoms with van der Waals surface area (Å²) in [6.07, 6.45) is 3.26. The zero-order chi connectivity index (χ0) is 6.85. The first kappa shape index (κ1) is 7.03. The summed E-state index contributed by atoms with van der Waals surface area (Å²) in [5.74, 6) is 0. The van der Waals surface area contributed by atoms with Gasteiger partial charge in [-0.25, -0.2) is 0 Å². The van der Waals surface area contributed by atoms with Crippen molar-refractivity contribution in [1.29, 1.82) is 0 Å². The van der Waals surface area contributed by atoms with Crippen molar-refractivity contribution in [2.75, 3.05) is 14.1 Å². The van der Waals surface area contributed by atoms with E-state index in [9.17, 15) is 5.11 Å². The molecular formula is C7H15NO. The molecule has 0 spiro atoms. The second-order valence-electron chi connectivity index (χ2n) is 3.03. The molecule has 9 heavy (non-hydrogen) atoms. The second-order valence-corrected chi connectivity index (χ2v) is 3.03. The van der Waals surface area contributed by atoms with Crippen molar-refractivity contribution >= 4 is 0 Å². The Morgan fingerprint density at radius 2 is 2.00 bits per heavy atom. The van der Waals surface area contributed by atoms with Gasteiger partial charge in [0.25, 0.3) is 0 Å². The molecule has 0 aromatic carbocycles. The molecule has 1 N–H and O–H groups in total. The van der Waals surface area contributed by atoms with E-state index in [1.165, 1.54) is 6.42 Å². The molecule has 1 aliphatic rings. The van der Waals surface area contributed by atoms with Crippen LogP contribution in [0, 0.1) is 0 Å². The van der Waals surface area contributed by atoms with Crippen molar-refractivity contribution in [1.82, 2.24) is 4.90 Å². The van der Waals surface area contributed by atoms with E-state index in [4.69, 9.17) is 0 Å². The summed E-state index contributed by atoms with van der Waals surface area (Å²) in [4.78, 5) is 2.11. The molecular weight excluding hydrogens is 114 g/mol. The number of hydrogen-bond donors (Lipinski definition) is 1. The minimum absolute atomic E-state index is 0.0694. The summed E-state index contributed by atoms with van der Waals surface area (Å²) >= 11 is 0. The molecule has 0 heterocycles. The number of likely N-dealkylation sites (N-methyl/N-ethyl adjacent to an activating group) is 1. The minimum Gasteiger partial charge on any atom is -0.391 e. The van der Waals surface area contributed by atoms with Gasteiger partial charge in [-0.1, -0.05) is 0 Å². The predicted molar refractivity (Wildman–Crippen MR) is 37.3 cm³/mol. The van der Waals surface area contributed by atoms with Gasteiger partial charge in [-0.2, -0.15) is 0 Å². The van der Waals surface area contributed by atoms with Gasteiger partial charge in [0.15, 0.2) is 0 Å². The maximum atomic E-state index is 9.32. The van der Waals surface area contributed by atoms with Crippen molar-refractivity contribution < 1.29 is 5.11 Å². The van der Waals surface area contributed by atoms with Crippen LogP contribution in [0.15, 0.2) is 0 Å². The molecule has 1 rings (SSSR count). The summed E-state index contributed by atoms with van der Waals surface area (Å²) < 4.78 is 0. The monoisotopic (exact) mass is 129 g/mol. The Kier molecular flexibility index (Phi) is 2.09. The molecule has 0 bridgehead atoms. The van der Waals surface area contributed by atoms with Gasteiger partial charge in [-0.3, -0.25) is 0 Å². The Morgan fingerprint density at radius 3 is 2.22 bits per heavy atom. The molecule has 2 heteroatoms. The Hall–Kier alpha value is -0.0800. The minimum atomic E-state index is -0.0694. The van der Waals surface area contributed by atoms with Crippen LogP contribution in [0.5, 0.6) is 0 Å². The molecule has 1 saturated carbocycles. The van der Waals surface area contributed by atoms with E-state index in [1.807, 2.05) is 14.1 Å². The van der Waals surface area contributed by atoms with Crippen molar-refractivity contribution in [3.63, 3.8) is 0 Å². The Labute approximate surface area is 56.5 Å². The normalized spacial score (nSPS) is 36.0. The second kappa shape index (κ2) is 2.67. The van der Waals surface area contributed by atoms with Crippen LogP contribution in [0.3, 0.4) is 0 Å². The number of nitrogens with zero attached hydrogens (tertiary/aromatic N) is 1. The van der Waals surface area contributed by atoms with Crippen LogP contribution in [-0.2, 0) is 0 Å². The first-order valence-corrected chi connectivity index (χ1v) is 3.56. The number of hydrogen-bond acceptors (Lipinski definition) is 2. The van der Waals surface area contributed by atoms with E-state index >= 15 is 0 Å². The molecule has 0 radical (unpaired) electrons. The van der Waals surface area contributed by atoms with E-state index in [2.05, 4.69) is 4.90 Å². The van der Waals surface area contributed by atoms with Crippen LogP contribution in [0.4, 0.5) is 0 Å². The molecule has 2 nitrogen and oxygen atoms in total. The van der Waals surface area contributed by atoms with E-state index in [0.717, 1.165) is 12.8 Å². The lowest BCUT2D eigenvalue weighted by Crippen LogP contribution is -2.34. The smallest absolute Gasteiger partial charge is 0.0695 e. The molecule has 0 aliphatic heterocycles. The van der Waals surface area contributed by atoms with Gasteiger partial charge in [0.2, 0.25) is 0 Å². The lowest BCUT2D eigenvalue weighted by atomic mass is 10.2. The quantitative estimate of drug-likeness (QED) is 0.556. The maximum absolute atomic E-state index is 9.32. The van der Waals surface area contributed by atoms with Gasteiger partial charge < -0.3 is 10.0 Å². The van der Waals surface area contributed by atoms with Crippen LogP contribution in [0.25, 0.3) is 0 Å². The zero-order valence-electron chi connectivity index (χ0n) is 6.17. The highest BCUT2D eigenvalue weighted by molar-refractivity contribution is 4.81.